The van der Waals surface area contributed by atoms with Gasteiger partial charge in [-0.1, -0.05) is 41.3 Å². The predicted molar refractivity (Wildman–Crippen MR) is 111 cm³/mol. The minimum absolute atomic E-state index is 0.150. The van der Waals surface area contributed by atoms with Crippen LogP contribution < -0.4 is 5.32 Å². The first kappa shape index (κ1) is 21.0. The molecular weight excluding hydrogens is 442 g/mol. The molecule has 1 amide bonds. The van der Waals surface area contributed by atoms with Gasteiger partial charge < -0.3 is 5.32 Å². The third-order valence-electron chi connectivity index (χ3n) is 4.89. The standard InChI is InChI=1S/C20H24BrN3O3S/c21-16-9-11-19(12-10-16)28(26,27)24(18-7-2-1-3-8-18)15-20(25)23-14-17-6-4-5-13-22-17/h4-6,9-13,18H,1-3,7-8,14-15H2,(H,23,25). The molecule has 1 fully saturated rings. The average molecular weight is 466 g/mol. The summed E-state index contributed by atoms with van der Waals surface area (Å²) in [6, 6.07) is 11.9. The van der Waals surface area contributed by atoms with E-state index in [4.69, 9.17) is 0 Å². The molecule has 0 spiro atoms. The van der Waals surface area contributed by atoms with Crippen molar-refractivity contribution < 1.29 is 13.2 Å². The van der Waals surface area contributed by atoms with Gasteiger partial charge in [0.25, 0.3) is 0 Å². The van der Waals surface area contributed by atoms with Gasteiger partial charge in [0.05, 0.1) is 23.7 Å². The molecule has 1 aliphatic rings. The van der Waals surface area contributed by atoms with E-state index in [9.17, 15) is 13.2 Å². The lowest BCUT2D eigenvalue weighted by atomic mass is 9.95. The van der Waals surface area contributed by atoms with Crippen LogP contribution in [0.15, 0.2) is 58.0 Å². The van der Waals surface area contributed by atoms with E-state index in [0.717, 1.165) is 42.3 Å². The summed E-state index contributed by atoms with van der Waals surface area (Å²) >= 11 is 3.33. The van der Waals surface area contributed by atoms with E-state index in [1.54, 1.807) is 36.5 Å². The minimum atomic E-state index is -3.76. The molecular formula is C20H24BrN3O3S. The monoisotopic (exact) mass is 465 g/mol. The van der Waals surface area contributed by atoms with E-state index in [1.165, 1.54) is 4.31 Å². The molecule has 2 aromatic rings. The van der Waals surface area contributed by atoms with E-state index in [-0.39, 0.29) is 29.9 Å². The molecule has 6 nitrogen and oxygen atoms in total. The Kier molecular flexibility index (Phi) is 7.20. The number of nitrogens with one attached hydrogen (secondary N) is 1. The second-order valence-corrected chi connectivity index (χ2v) is 9.70. The molecule has 8 heteroatoms. The van der Waals surface area contributed by atoms with Crippen LogP contribution in [-0.4, -0.2) is 36.2 Å². The van der Waals surface area contributed by atoms with Gasteiger partial charge in [-0.3, -0.25) is 9.78 Å². The first-order valence-corrected chi connectivity index (χ1v) is 11.6. The number of hydrogen-bond acceptors (Lipinski definition) is 4. The summed E-state index contributed by atoms with van der Waals surface area (Å²) in [6.07, 6.45) is 6.29. The van der Waals surface area contributed by atoms with Crippen LogP contribution in [0.4, 0.5) is 0 Å². The van der Waals surface area contributed by atoms with E-state index >= 15 is 0 Å². The molecule has 1 aromatic heterocycles. The number of halogens is 1. The van der Waals surface area contributed by atoms with Gasteiger partial charge in [0.15, 0.2) is 0 Å². The maximum atomic E-state index is 13.3. The van der Waals surface area contributed by atoms with Crippen LogP contribution in [0.5, 0.6) is 0 Å². The first-order chi connectivity index (χ1) is 13.5. The van der Waals surface area contributed by atoms with Gasteiger partial charge in [0, 0.05) is 16.7 Å². The smallest absolute Gasteiger partial charge is 0.243 e. The largest absolute Gasteiger partial charge is 0.349 e. The summed E-state index contributed by atoms with van der Waals surface area (Å²) in [5.74, 6) is -0.322. The fraction of sp³-hybridized carbons (Fsp3) is 0.400. The molecule has 0 aliphatic heterocycles. The van der Waals surface area contributed by atoms with Crippen molar-refractivity contribution in [2.24, 2.45) is 0 Å². The van der Waals surface area contributed by atoms with Gasteiger partial charge in [0.2, 0.25) is 15.9 Å². The Morgan fingerprint density at radius 3 is 2.46 bits per heavy atom. The summed E-state index contributed by atoms with van der Waals surface area (Å²) in [5.41, 5.74) is 0.732. The number of rotatable bonds is 7. The Bertz CT molecular complexity index is 883. The van der Waals surface area contributed by atoms with Gasteiger partial charge in [-0.2, -0.15) is 4.31 Å². The van der Waals surface area contributed by atoms with E-state index < -0.39 is 10.0 Å². The number of nitrogens with zero attached hydrogens (tertiary/aromatic N) is 2. The number of carbonyl (C=O) groups excluding carboxylic acids is 1. The van der Waals surface area contributed by atoms with Crippen molar-refractivity contribution in [3.63, 3.8) is 0 Å². The van der Waals surface area contributed by atoms with Crippen LogP contribution in [0.2, 0.25) is 0 Å². The average Bonchev–Trinajstić information content (AvgIpc) is 2.72. The molecule has 1 saturated carbocycles. The zero-order chi connectivity index (χ0) is 20.0. The fourth-order valence-electron chi connectivity index (χ4n) is 3.41. The van der Waals surface area contributed by atoms with Crippen LogP contribution >= 0.6 is 15.9 Å². The molecule has 0 radical (unpaired) electrons. The minimum Gasteiger partial charge on any atom is -0.349 e. The highest BCUT2D eigenvalue weighted by molar-refractivity contribution is 9.10. The molecule has 1 N–H and O–H groups in total. The highest BCUT2D eigenvalue weighted by atomic mass is 79.9. The Morgan fingerprint density at radius 2 is 1.82 bits per heavy atom. The SMILES string of the molecule is O=C(CN(C1CCCCC1)S(=O)(=O)c1ccc(Br)cc1)NCc1ccccn1. The summed E-state index contributed by atoms with van der Waals surface area (Å²) in [7, 11) is -3.76. The van der Waals surface area contributed by atoms with Crippen molar-refractivity contribution in [3.05, 3.63) is 58.8 Å². The van der Waals surface area contributed by atoms with E-state index in [0.29, 0.717) is 0 Å². The highest BCUT2D eigenvalue weighted by Crippen LogP contribution is 2.28. The molecule has 0 atom stereocenters. The number of sulfonamides is 1. The number of hydrogen-bond donors (Lipinski definition) is 1. The van der Waals surface area contributed by atoms with Gasteiger partial charge in [-0.15, -0.1) is 0 Å². The third-order valence-corrected chi connectivity index (χ3v) is 7.34. The zero-order valence-corrected chi connectivity index (χ0v) is 18.0. The van der Waals surface area contributed by atoms with Crippen molar-refractivity contribution in [1.29, 1.82) is 0 Å². The summed E-state index contributed by atoms with van der Waals surface area (Å²) in [6.45, 7) is 0.0897. The van der Waals surface area contributed by atoms with Crippen LogP contribution in [0, 0.1) is 0 Å². The Labute approximate surface area is 174 Å². The highest BCUT2D eigenvalue weighted by Gasteiger charge is 2.33. The molecule has 1 aliphatic carbocycles. The number of pyridine rings is 1. The molecule has 0 bridgehead atoms. The fourth-order valence-corrected chi connectivity index (χ4v) is 5.32. The molecule has 0 saturated heterocycles. The van der Waals surface area contributed by atoms with E-state index in [2.05, 4.69) is 26.2 Å². The zero-order valence-electron chi connectivity index (χ0n) is 15.6. The van der Waals surface area contributed by atoms with Crippen molar-refractivity contribution in [2.45, 2.75) is 49.6 Å². The number of amides is 1. The van der Waals surface area contributed by atoms with Gasteiger partial charge in [-0.05, 0) is 49.2 Å². The Morgan fingerprint density at radius 1 is 1.11 bits per heavy atom. The van der Waals surface area contributed by atoms with Crippen molar-refractivity contribution in [1.82, 2.24) is 14.6 Å². The maximum Gasteiger partial charge on any atom is 0.243 e. The van der Waals surface area contributed by atoms with Crippen LogP contribution in [0.1, 0.15) is 37.8 Å². The van der Waals surface area contributed by atoms with Gasteiger partial charge >= 0.3 is 0 Å². The molecule has 150 valence electrons. The van der Waals surface area contributed by atoms with Gasteiger partial charge in [-0.25, -0.2) is 8.42 Å². The summed E-state index contributed by atoms with van der Waals surface area (Å²) < 4.78 is 28.7. The number of carbonyl (C=O) groups is 1. The van der Waals surface area contributed by atoms with Crippen LogP contribution in [-0.2, 0) is 21.4 Å². The lowest BCUT2D eigenvalue weighted by Gasteiger charge is -2.33. The number of benzene rings is 1. The number of aromatic nitrogens is 1. The summed E-state index contributed by atoms with van der Waals surface area (Å²) in [5, 5.41) is 2.79. The maximum absolute atomic E-state index is 13.3. The molecule has 28 heavy (non-hydrogen) atoms. The quantitative estimate of drug-likeness (QED) is 0.678. The molecule has 3 rings (SSSR count). The molecule has 1 heterocycles. The van der Waals surface area contributed by atoms with Crippen LogP contribution in [0.3, 0.4) is 0 Å². The first-order valence-electron chi connectivity index (χ1n) is 9.41. The topological polar surface area (TPSA) is 79.4 Å². The van der Waals surface area contributed by atoms with Crippen molar-refractivity contribution >= 4 is 31.9 Å². The van der Waals surface area contributed by atoms with Crippen molar-refractivity contribution in [2.75, 3.05) is 6.54 Å². The molecule has 1 aromatic carbocycles. The van der Waals surface area contributed by atoms with Gasteiger partial charge in [0.1, 0.15) is 0 Å². The second kappa shape index (κ2) is 9.62. The lowest BCUT2D eigenvalue weighted by molar-refractivity contribution is -0.121. The second-order valence-electron chi connectivity index (χ2n) is 6.89. The Balaban J connectivity index is 1.76. The lowest BCUT2D eigenvalue weighted by Crippen LogP contribution is -2.46. The third kappa shape index (κ3) is 5.40. The normalized spacial score (nSPS) is 15.5. The Hall–Kier alpha value is -1.77. The van der Waals surface area contributed by atoms with E-state index in [1.807, 2.05) is 12.1 Å². The predicted octanol–water partition coefficient (Wildman–Crippen LogP) is 3.48. The van der Waals surface area contributed by atoms with Crippen molar-refractivity contribution in [3.8, 4) is 0 Å². The molecule has 0 unspecified atom stereocenters. The van der Waals surface area contributed by atoms with Crippen LogP contribution in [0.25, 0.3) is 0 Å². The summed E-state index contributed by atoms with van der Waals surface area (Å²) in [4.78, 5) is 16.9.